The Morgan fingerprint density at radius 1 is 1.05 bits per heavy atom. The first-order valence-electron chi connectivity index (χ1n) is 6.31. The summed E-state index contributed by atoms with van der Waals surface area (Å²) in [6.07, 6.45) is 0. The standard InChI is InChI=1S/C14H13N3O5/c1-22-12-5-2-10(3-6-12)9-15-13-8-11(16(18)19)4-7-14(13)17(20)21/h2-8,15H,9H2,1H3. The van der Waals surface area contributed by atoms with Gasteiger partial charge in [-0.2, -0.15) is 0 Å². The van der Waals surface area contributed by atoms with Gasteiger partial charge in [0, 0.05) is 24.7 Å². The van der Waals surface area contributed by atoms with Crippen LogP contribution in [0.5, 0.6) is 5.75 Å². The van der Waals surface area contributed by atoms with Crippen LogP contribution >= 0.6 is 0 Å². The van der Waals surface area contributed by atoms with Crippen molar-refractivity contribution in [2.24, 2.45) is 0 Å². The number of hydrogen-bond acceptors (Lipinski definition) is 6. The number of methoxy groups -OCH3 is 1. The molecule has 0 unspecified atom stereocenters. The predicted molar refractivity (Wildman–Crippen MR) is 80.1 cm³/mol. The molecule has 8 nitrogen and oxygen atoms in total. The second-order valence-corrected chi connectivity index (χ2v) is 4.42. The lowest BCUT2D eigenvalue weighted by Gasteiger charge is -2.08. The first kappa shape index (κ1) is 15.2. The van der Waals surface area contributed by atoms with E-state index in [2.05, 4.69) is 5.32 Å². The van der Waals surface area contributed by atoms with Gasteiger partial charge in [0.25, 0.3) is 11.4 Å². The lowest BCUT2D eigenvalue weighted by atomic mass is 10.2. The Bertz CT molecular complexity index is 700. The number of non-ortho nitro benzene ring substituents is 1. The van der Waals surface area contributed by atoms with Crippen molar-refractivity contribution < 1.29 is 14.6 Å². The van der Waals surface area contributed by atoms with Crippen LogP contribution in [0.25, 0.3) is 0 Å². The van der Waals surface area contributed by atoms with Crippen molar-refractivity contribution in [2.45, 2.75) is 6.54 Å². The summed E-state index contributed by atoms with van der Waals surface area (Å²) in [6.45, 7) is 0.298. The Hall–Kier alpha value is -3.16. The molecule has 0 atom stereocenters. The van der Waals surface area contributed by atoms with Gasteiger partial charge in [0.2, 0.25) is 0 Å². The largest absolute Gasteiger partial charge is 0.497 e. The van der Waals surface area contributed by atoms with Gasteiger partial charge in [-0.25, -0.2) is 0 Å². The number of nitro groups is 2. The Labute approximate surface area is 125 Å². The average molecular weight is 303 g/mol. The zero-order chi connectivity index (χ0) is 16.1. The summed E-state index contributed by atoms with van der Waals surface area (Å²) in [6, 6.07) is 10.5. The van der Waals surface area contributed by atoms with E-state index in [-0.39, 0.29) is 17.1 Å². The Kier molecular flexibility index (Phi) is 4.52. The van der Waals surface area contributed by atoms with Gasteiger partial charge in [0.1, 0.15) is 11.4 Å². The summed E-state index contributed by atoms with van der Waals surface area (Å²) in [4.78, 5) is 20.6. The third-order valence-electron chi connectivity index (χ3n) is 3.03. The number of benzene rings is 2. The van der Waals surface area contributed by atoms with E-state index in [1.165, 1.54) is 0 Å². The van der Waals surface area contributed by atoms with Gasteiger partial charge in [-0.1, -0.05) is 12.1 Å². The highest BCUT2D eigenvalue weighted by atomic mass is 16.6. The van der Waals surface area contributed by atoms with Crippen LogP contribution in [-0.4, -0.2) is 17.0 Å². The molecule has 8 heteroatoms. The van der Waals surface area contributed by atoms with Crippen LogP contribution in [0.2, 0.25) is 0 Å². The van der Waals surface area contributed by atoms with Crippen molar-refractivity contribution in [3.05, 3.63) is 68.3 Å². The third kappa shape index (κ3) is 3.48. The van der Waals surface area contributed by atoms with E-state index in [0.29, 0.717) is 12.3 Å². The number of hydrogen-bond donors (Lipinski definition) is 1. The summed E-state index contributed by atoms with van der Waals surface area (Å²) in [7, 11) is 1.56. The third-order valence-corrected chi connectivity index (χ3v) is 3.03. The van der Waals surface area contributed by atoms with E-state index < -0.39 is 9.85 Å². The fraction of sp³-hybridized carbons (Fsp3) is 0.143. The Morgan fingerprint density at radius 3 is 2.27 bits per heavy atom. The zero-order valence-corrected chi connectivity index (χ0v) is 11.7. The number of nitrogens with one attached hydrogen (secondary N) is 1. The monoisotopic (exact) mass is 303 g/mol. The molecule has 2 rings (SSSR count). The molecule has 0 spiro atoms. The first-order valence-corrected chi connectivity index (χ1v) is 6.31. The molecule has 0 aliphatic carbocycles. The maximum Gasteiger partial charge on any atom is 0.292 e. The van der Waals surface area contributed by atoms with Crippen LogP contribution < -0.4 is 10.1 Å². The average Bonchev–Trinajstić information content (AvgIpc) is 2.52. The molecule has 0 saturated heterocycles. The molecule has 0 saturated carbocycles. The molecule has 0 radical (unpaired) electrons. The number of ether oxygens (including phenoxy) is 1. The lowest BCUT2D eigenvalue weighted by molar-refractivity contribution is -0.388. The van der Waals surface area contributed by atoms with Gasteiger partial charge in [-0.15, -0.1) is 0 Å². The second-order valence-electron chi connectivity index (χ2n) is 4.42. The minimum absolute atomic E-state index is 0.106. The summed E-state index contributed by atoms with van der Waals surface area (Å²) in [5.74, 6) is 0.699. The smallest absolute Gasteiger partial charge is 0.292 e. The number of rotatable bonds is 6. The van der Waals surface area contributed by atoms with Crippen molar-refractivity contribution in [1.82, 2.24) is 0 Å². The van der Waals surface area contributed by atoms with Crippen LogP contribution in [0, 0.1) is 20.2 Å². The molecule has 114 valence electrons. The van der Waals surface area contributed by atoms with E-state index >= 15 is 0 Å². The number of nitrogens with zero attached hydrogens (tertiary/aromatic N) is 2. The topological polar surface area (TPSA) is 108 Å². The molecule has 0 aromatic heterocycles. The van der Waals surface area contributed by atoms with Crippen LogP contribution in [0.4, 0.5) is 17.1 Å². The number of nitro benzene ring substituents is 2. The molecule has 0 amide bonds. The van der Waals surface area contributed by atoms with Crippen LogP contribution in [0.3, 0.4) is 0 Å². The summed E-state index contributed by atoms with van der Waals surface area (Å²) >= 11 is 0. The summed E-state index contributed by atoms with van der Waals surface area (Å²) in [5, 5.41) is 24.6. The van der Waals surface area contributed by atoms with Crippen molar-refractivity contribution >= 4 is 17.1 Å². The maximum atomic E-state index is 11.0. The molecule has 0 bridgehead atoms. The molecular weight excluding hydrogens is 290 g/mol. The molecule has 0 aliphatic rings. The van der Waals surface area contributed by atoms with E-state index in [4.69, 9.17) is 4.74 Å². The van der Waals surface area contributed by atoms with Gasteiger partial charge in [0.15, 0.2) is 0 Å². The quantitative estimate of drug-likeness (QED) is 0.648. The molecule has 0 heterocycles. The molecule has 2 aromatic rings. The van der Waals surface area contributed by atoms with Crippen molar-refractivity contribution in [1.29, 1.82) is 0 Å². The van der Waals surface area contributed by atoms with E-state index in [1.54, 1.807) is 31.4 Å². The maximum absolute atomic E-state index is 11.0. The van der Waals surface area contributed by atoms with E-state index in [1.807, 2.05) is 0 Å². The van der Waals surface area contributed by atoms with Gasteiger partial charge in [-0.3, -0.25) is 20.2 Å². The van der Waals surface area contributed by atoms with Gasteiger partial charge in [-0.05, 0) is 17.7 Å². The van der Waals surface area contributed by atoms with Crippen molar-refractivity contribution in [3.8, 4) is 5.75 Å². The molecule has 0 fully saturated rings. The van der Waals surface area contributed by atoms with Gasteiger partial charge < -0.3 is 10.1 Å². The van der Waals surface area contributed by atoms with Crippen molar-refractivity contribution in [2.75, 3.05) is 12.4 Å². The molecule has 1 N–H and O–H groups in total. The van der Waals surface area contributed by atoms with Gasteiger partial charge in [0.05, 0.1) is 17.0 Å². The van der Waals surface area contributed by atoms with Crippen LogP contribution in [0.1, 0.15) is 5.56 Å². The fourth-order valence-electron chi connectivity index (χ4n) is 1.88. The van der Waals surface area contributed by atoms with E-state index in [0.717, 1.165) is 23.8 Å². The zero-order valence-electron chi connectivity index (χ0n) is 11.7. The Balaban J connectivity index is 2.20. The first-order chi connectivity index (χ1) is 10.5. The molecule has 2 aromatic carbocycles. The lowest BCUT2D eigenvalue weighted by Crippen LogP contribution is -2.03. The SMILES string of the molecule is COc1ccc(CNc2cc([N+](=O)[O-])ccc2[N+](=O)[O-])cc1. The van der Waals surface area contributed by atoms with Crippen molar-refractivity contribution in [3.63, 3.8) is 0 Å². The van der Waals surface area contributed by atoms with Crippen LogP contribution in [0.15, 0.2) is 42.5 Å². The second kappa shape index (κ2) is 6.53. The highest BCUT2D eigenvalue weighted by Crippen LogP contribution is 2.29. The summed E-state index contributed by atoms with van der Waals surface area (Å²) in [5.41, 5.74) is 0.554. The molecule has 22 heavy (non-hydrogen) atoms. The predicted octanol–water partition coefficient (Wildman–Crippen LogP) is 3.12. The highest BCUT2D eigenvalue weighted by molar-refractivity contribution is 5.65. The number of anilines is 1. The normalized spacial score (nSPS) is 10.0. The minimum Gasteiger partial charge on any atom is -0.497 e. The molecule has 0 aliphatic heterocycles. The van der Waals surface area contributed by atoms with Crippen LogP contribution in [-0.2, 0) is 6.54 Å². The fourth-order valence-corrected chi connectivity index (χ4v) is 1.88. The van der Waals surface area contributed by atoms with Gasteiger partial charge >= 0.3 is 0 Å². The highest BCUT2D eigenvalue weighted by Gasteiger charge is 2.18. The Morgan fingerprint density at radius 2 is 1.73 bits per heavy atom. The summed E-state index contributed by atoms with van der Waals surface area (Å²) < 4.78 is 5.04. The van der Waals surface area contributed by atoms with E-state index in [9.17, 15) is 20.2 Å². The minimum atomic E-state index is -0.595. The molecular formula is C14H13N3O5.